The average molecular weight is 309 g/mol. The van der Waals surface area contributed by atoms with Crippen LogP contribution < -0.4 is 15.8 Å². The smallest absolute Gasteiger partial charge is 0.171 e. The number of aromatic nitrogens is 3. The van der Waals surface area contributed by atoms with Gasteiger partial charge in [-0.15, -0.1) is 0 Å². The molecular weight excluding hydrogens is 290 g/mol. The molecule has 0 saturated carbocycles. The van der Waals surface area contributed by atoms with Gasteiger partial charge in [-0.2, -0.15) is 5.10 Å². The van der Waals surface area contributed by atoms with Gasteiger partial charge in [0.25, 0.3) is 0 Å². The highest BCUT2D eigenvalue weighted by molar-refractivity contribution is 5.46. The van der Waals surface area contributed by atoms with Crippen LogP contribution in [0.5, 0.6) is 5.75 Å². The summed E-state index contributed by atoms with van der Waals surface area (Å²) < 4.78 is 5.13. The monoisotopic (exact) mass is 309 g/mol. The summed E-state index contributed by atoms with van der Waals surface area (Å²) >= 11 is 0. The van der Waals surface area contributed by atoms with Gasteiger partial charge in [0.15, 0.2) is 5.82 Å². The van der Waals surface area contributed by atoms with E-state index in [1.807, 2.05) is 54.6 Å². The molecule has 0 radical (unpaired) electrons. The van der Waals surface area contributed by atoms with Gasteiger partial charge in [0, 0.05) is 5.69 Å². The molecule has 6 heteroatoms. The van der Waals surface area contributed by atoms with Crippen LogP contribution in [0, 0.1) is 0 Å². The quantitative estimate of drug-likeness (QED) is 0.651. The third kappa shape index (κ3) is 3.67. The number of benzene rings is 2. The molecule has 0 saturated heterocycles. The molecule has 3 rings (SSSR count). The second-order valence-electron chi connectivity index (χ2n) is 5.11. The zero-order valence-corrected chi connectivity index (χ0v) is 12.9. The van der Waals surface area contributed by atoms with Gasteiger partial charge in [0.1, 0.15) is 11.6 Å². The molecule has 0 amide bonds. The topological polar surface area (TPSA) is 88.8 Å². The number of hydrogen-bond donors (Lipinski definition) is 3. The minimum Gasteiger partial charge on any atom is -0.497 e. The van der Waals surface area contributed by atoms with Crippen molar-refractivity contribution in [1.29, 1.82) is 0 Å². The molecule has 1 atom stereocenters. The average Bonchev–Trinajstić information content (AvgIpc) is 3.09. The Kier molecular flexibility index (Phi) is 4.54. The van der Waals surface area contributed by atoms with Crippen LogP contribution in [0.25, 0.3) is 0 Å². The fourth-order valence-electron chi connectivity index (χ4n) is 2.23. The summed E-state index contributed by atoms with van der Waals surface area (Å²) in [4.78, 5) is 4.46. The number of aromatic amines is 1. The number of nitrogens with zero attached hydrogens (tertiary/aromatic N) is 2. The molecule has 3 aromatic rings. The van der Waals surface area contributed by atoms with Crippen molar-refractivity contribution in [3.63, 3.8) is 0 Å². The van der Waals surface area contributed by atoms with Crippen LogP contribution in [0.3, 0.4) is 0 Å². The zero-order valence-electron chi connectivity index (χ0n) is 12.9. The first-order chi connectivity index (χ1) is 11.3. The Morgan fingerprint density at radius 1 is 1.13 bits per heavy atom. The standard InChI is InChI=1S/C17H19N5O/c1-23-14-9-7-13(8-10-14)19-11-15-20-17(22-21-15)16(18)12-5-3-2-4-6-12/h2-10,16,19H,11,18H2,1H3,(H,20,21,22). The molecule has 0 spiro atoms. The van der Waals surface area contributed by atoms with Crippen molar-refractivity contribution in [2.75, 3.05) is 12.4 Å². The minimum absolute atomic E-state index is 0.331. The van der Waals surface area contributed by atoms with E-state index in [9.17, 15) is 0 Å². The molecule has 1 aromatic heterocycles. The van der Waals surface area contributed by atoms with Crippen LogP contribution in [0.1, 0.15) is 23.3 Å². The fraction of sp³-hybridized carbons (Fsp3) is 0.176. The van der Waals surface area contributed by atoms with Gasteiger partial charge < -0.3 is 15.8 Å². The van der Waals surface area contributed by atoms with Gasteiger partial charge >= 0.3 is 0 Å². The van der Waals surface area contributed by atoms with Crippen LogP contribution in [0.2, 0.25) is 0 Å². The van der Waals surface area contributed by atoms with Crippen LogP contribution in [-0.2, 0) is 6.54 Å². The first-order valence-corrected chi connectivity index (χ1v) is 7.36. The molecule has 23 heavy (non-hydrogen) atoms. The first kappa shape index (κ1) is 15.1. The van der Waals surface area contributed by atoms with E-state index in [4.69, 9.17) is 10.5 Å². The number of hydrogen-bond acceptors (Lipinski definition) is 5. The lowest BCUT2D eigenvalue weighted by Crippen LogP contribution is -2.13. The maximum atomic E-state index is 6.19. The molecule has 0 bridgehead atoms. The van der Waals surface area contributed by atoms with E-state index >= 15 is 0 Å². The summed E-state index contributed by atoms with van der Waals surface area (Å²) in [6.45, 7) is 0.542. The molecule has 0 aliphatic carbocycles. The number of H-pyrrole nitrogens is 1. The normalized spacial score (nSPS) is 11.9. The van der Waals surface area contributed by atoms with Crippen molar-refractivity contribution >= 4 is 5.69 Å². The van der Waals surface area contributed by atoms with Gasteiger partial charge in [0.05, 0.1) is 19.7 Å². The van der Waals surface area contributed by atoms with Gasteiger partial charge in [-0.25, -0.2) is 4.98 Å². The lowest BCUT2D eigenvalue weighted by Gasteiger charge is -2.07. The molecule has 1 unspecified atom stereocenters. The molecular formula is C17H19N5O. The minimum atomic E-state index is -0.331. The second kappa shape index (κ2) is 6.93. The molecule has 2 aromatic carbocycles. The number of rotatable bonds is 6. The summed E-state index contributed by atoms with van der Waals surface area (Å²) in [6, 6.07) is 17.2. The Labute approximate surface area is 134 Å². The fourth-order valence-corrected chi connectivity index (χ4v) is 2.23. The lowest BCUT2D eigenvalue weighted by atomic mass is 10.1. The Bertz CT molecular complexity index is 739. The Morgan fingerprint density at radius 2 is 1.87 bits per heavy atom. The summed E-state index contributed by atoms with van der Waals surface area (Å²) in [7, 11) is 1.65. The lowest BCUT2D eigenvalue weighted by molar-refractivity contribution is 0.415. The van der Waals surface area contributed by atoms with Gasteiger partial charge in [-0.1, -0.05) is 30.3 Å². The Hall–Kier alpha value is -2.86. The molecule has 4 N–H and O–H groups in total. The van der Waals surface area contributed by atoms with Crippen LogP contribution in [0.15, 0.2) is 54.6 Å². The van der Waals surface area contributed by atoms with E-state index < -0.39 is 0 Å². The summed E-state index contributed by atoms with van der Waals surface area (Å²) in [5.41, 5.74) is 8.16. The highest BCUT2D eigenvalue weighted by Crippen LogP contribution is 2.17. The van der Waals surface area contributed by atoms with Crippen molar-refractivity contribution in [3.8, 4) is 5.75 Å². The number of nitrogens with one attached hydrogen (secondary N) is 2. The second-order valence-corrected chi connectivity index (χ2v) is 5.11. The predicted octanol–water partition coefficient (Wildman–Crippen LogP) is 2.47. The van der Waals surface area contributed by atoms with E-state index in [1.54, 1.807) is 7.11 Å². The highest BCUT2D eigenvalue weighted by Gasteiger charge is 2.13. The maximum Gasteiger partial charge on any atom is 0.171 e. The van der Waals surface area contributed by atoms with Gasteiger partial charge in [0.2, 0.25) is 0 Å². The molecule has 1 heterocycles. The largest absolute Gasteiger partial charge is 0.497 e. The van der Waals surface area contributed by atoms with E-state index in [1.165, 1.54) is 0 Å². The van der Waals surface area contributed by atoms with Gasteiger partial charge in [-0.05, 0) is 29.8 Å². The third-order valence-electron chi connectivity index (χ3n) is 3.54. The number of anilines is 1. The number of nitrogens with two attached hydrogens (primary N) is 1. The van der Waals surface area contributed by atoms with Crippen molar-refractivity contribution in [2.24, 2.45) is 5.73 Å². The van der Waals surface area contributed by atoms with Crippen molar-refractivity contribution < 1.29 is 4.74 Å². The van der Waals surface area contributed by atoms with Crippen molar-refractivity contribution in [3.05, 3.63) is 71.8 Å². The highest BCUT2D eigenvalue weighted by atomic mass is 16.5. The SMILES string of the molecule is COc1ccc(NCc2nc(C(N)c3ccccc3)n[nH]2)cc1. The van der Waals surface area contributed by atoms with Crippen molar-refractivity contribution in [2.45, 2.75) is 12.6 Å². The Balaban J connectivity index is 1.62. The summed E-state index contributed by atoms with van der Waals surface area (Å²) in [5, 5.41) is 10.4. The van der Waals surface area contributed by atoms with Crippen molar-refractivity contribution in [1.82, 2.24) is 15.2 Å². The Morgan fingerprint density at radius 3 is 2.57 bits per heavy atom. The van der Waals surface area contributed by atoms with Gasteiger partial charge in [-0.3, -0.25) is 5.10 Å². The summed E-state index contributed by atoms with van der Waals surface area (Å²) in [5.74, 6) is 2.15. The van der Waals surface area contributed by atoms with Crippen LogP contribution in [-0.4, -0.2) is 22.3 Å². The third-order valence-corrected chi connectivity index (χ3v) is 3.54. The number of methoxy groups -OCH3 is 1. The molecule has 0 aliphatic rings. The van der Waals surface area contributed by atoms with Crippen LogP contribution >= 0.6 is 0 Å². The molecule has 118 valence electrons. The van der Waals surface area contributed by atoms with E-state index in [0.29, 0.717) is 12.4 Å². The van der Waals surface area contributed by atoms with E-state index in [0.717, 1.165) is 22.8 Å². The zero-order chi connectivity index (χ0) is 16.1. The summed E-state index contributed by atoms with van der Waals surface area (Å²) in [6.07, 6.45) is 0. The maximum absolute atomic E-state index is 6.19. The van der Waals surface area contributed by atoms with E-state index in [2.05, 4.69) is 20.5 Å². The number of ether oxygens (including phenoxy) is 1. The van der Waals surface area contributed by atoms with Crippen LogP contribution in [0.4, 0.5) is 5.69 Å². The predicted molar refractivity (Wildman–Crippen MR) is 89.2 cm³/mol. The van der Waals surface area contributed by atoms with E-state index in [-0.39, 0.29) is 6.04 Å². The molecule has 6 nitrogen and oxygen atoms in total. The molecule has 0 aliphatic heterocycles. The molecule has 0 fully saturated rings. The first-order valence-electron chi connectivity index (χ1n) is 7.36.